The number of carbonyl (C=O) groups excluding carboxylic acids is 2. The van der Waals surface area contributed by atoms with Crippen LogP contribution in [-0.4, -0.2) is 18.4 Å². The zero-order valence-electron chi connectivity index (χ0n) is 11.7. The lowest BCUT2D eigenvalue weighted by Crippen LogP contribution is -2.35. The van der Waals surface area contributed by atoms with Gasteiger partial charge in [-0.15, -0.1) is 0 Å². The van der Waals surface area contributed by atoms with Gasteiger partial charge in [-0.25, -0.2) is 0 Å². The molecule has 1 aromatic carbocycles. The Kier molecular flexibility index (Phi) is 6.64. The average molecular weight is 262 g/mol. The maximum atomic E-state index is 11.6. The highest BCUT2D eigenvalue weighted by molar-refractivity contribution is 6.39. The van der Waals surface area contributed by atoms with Crippen molar-refractivity contribution in [2.75, 3.05) is 11.9 Å². The summed E-state index contributed by atoms with van der Waals surface area (Å²) < 4.78 is 0. The van der Waals surface area contributed by atoms with Crippen LogP contribution in [0.4, 0.5) is 5.69 Å². The van der Waals surface area contributed by atoms with Crippen molar-refractivity contribution in [1.82, 2.24) is 5.32 Å². The Hall–Kier alpha value is -1.84. The largest absolute Gasteiger partial charge is 0.348 e. The van der Waals surface area contributed by atoms with Gasteiger partial charge >= 0.3 is 11.8 Å². The molecule has 104 valence electrons. The van der Waals surface area contributed by atoms with E-state index in [1.165, 1.54) is 5.56 Å². The van der Waals surface area contributed by atoms with E-state index in [1.807, 2.05) is 31.2 Å². The maximum Gasteiger partial charge on any atom is 0.313 e. The van der Waals surface area contributed by atoms with Crippen molar-refractivity contribution in [1.29, 1.82) is 0 Å². The third-order valence-electron chi connectivity index (χ3n) is 2.77. The molecule has 0 spiro atoms. The van der Waals surface area contributed by atoms with Gasteiger partial charge in [0.25, 0.3) is 0 Å². The molecule has 1 aromatic rings. The first-order valence-electron chi connectivity index (χ1n) is 6.85. The molecule has 0 fully saturated rings. The molecule has 0 unspecified atom stereocenters. The van der Waals surface area contributed by atoms with Gasteiger partial charge in [0.05, 0.1) is 0 Å². The van der Waals surface area contributed by atoms with Crippen LogP contribution in [0.2, 0.25) is 0 Å². The van der Waals surface area contributed by atoms with Gasteiger partial charge in [0.15, 0.2) is 0 Å². The lowest BCUT2D eigenvalue weighted by atomic mass is 10.1. The van der Waals surface area contributed by atoms with E-state index in [0.29, 0.717) is 12.2 Å². The molecule has 2 N–H and O–H groups in total. The number of unbranched alkanes of at least 4 members (excludes halogenated alkanes) is 1. The predicted molar refractivity (Wildman–Crippen MR) is 77.0 cm³/mol. The van der Waals surface area contributed by atoms with Crippen LogP contribution in [0.15, 0.2) is 24.3 Å². The molecule has 0 aliphatic carbocycles. The molecule has 0 radical (unpaired) electrons. The predicted octanol–water partition coefficient (Wildman–Crippen LogP) is 2.49. The fourth-order valence-corrected chi connectivity index (χ4v) is 1.64. The topological polar surface area (TPSA) is 58.2 Å². The van der Waals surface area contributed by atoms with Crippen LogP contribution in [0.1, 0.15) is 38.7 Å². The third-order valence-corrected chi connectivity index (χ3v) is 2.77. The van der Waals surface area contributed by atoms with Crippen LogP contribution in [0.3, 0.4) is 0 Å². The first-order chi connectivity index (χ1) is 9.17. The lowest BCUT2D eigenvalue weighted by Gasteiger charge is -2.06. The van der Waals surface area contributed by atoms with Crippen molar-refractivity contribution in [3.8, 4) is 0 Å². The van der Waals surface area contributed by atoms with Crippen LogP contribution in [0.25, 0.3) is 0 Å². The Morgan fingerprint density at radius 1 is 1.00 bits per heavy atom. The molecule has 0 saturated heterocycles. The monoisotopic (exact) mass is 262 g/mol. The Balaban J connectivity index is 2.48. The van der Waals surface area contributed by atoms with Crippen molar-refractivity contribution < 1.29 is 9.59 Å². The summed E-state index contributed by atoms with van der Waals surface area (Å²) in [4.78, 5) is 22.9. The van der Waals surface area contributed by atoms with Crippen molar-refractivity contribution in [2.45, 2.75) is 39.5 Å². The van der Waals surface area contributed by atoms with Gasteiger partial charge in [0, 0.05) is 12.2 Å². The molecular formula is C15H22N2O2. The van der Waals surface area contributed by atoms with E-state index in [2.05, 4.69) is 17.6 Å². The molecule has 4 heteroatoms. The Bertz CT molecular complexity index is 413. The van der Waals surface area contributed by atoms with Gasteiger partial charge in [-0.2, -0.15) is 0 Å². The molecule has 0 bridgehead atoms. The van der Waals surface area contributed by atoms with Gasteiger partial charge in [-0.3, -0.25) is 9.59 Å². The summed E-state index contributed by atoms with van der Waals surface area (Å²) in [5, 5.41) is 5.12. The minimum absolute atomic E-state index is 0.516. The van der Waals surface area contributed by atoms with E-state index >= 15 is 0 Å². The van der Waals surface area contributed by atoms with E-state index in [4.69, 9.17) is 0 Å². The van der Waals surface area contributed by atoms with Crippen molar-refractivity contribution in [3.05, 3.63) is 29.8 Å². The number of nitrogens with one attached hydrogen (secondary N) is 2. The number of amides is 2. The quantitative estimate of drug-likeness (QED) is 0.774. The second kappa shape index (κ2) is 8.29. The molecule has 2 amide bonds. The van der Waals surface area contributed by atoms with Gasteiger partial charge in [0.2, 0.25) is 0 Å². The van der Waals surface area contributed by atoms with Gasteiger partial charge < -0.3 is 10.6 Å². The Labute approximate surface area is 114 Å². The van der Waals surface area contributed by atoms with Gasteiger partial charge in [-0.05, 0) is 37.0 Å². The minimum atomic E-state index is -0.616. The van der Waals surface area contributed by atoms with E-state index in [9.17, 15) is 9.59 Å². The first-order valence-corrected chi connectivity index (χ1v) is 6.85. The maximum absolute atomic E-state index is 11.6. The molecule has 0 aromatic heterocycles. The zero-order chi connectivity index (χ0) is 14.1. The van der Waals surface area contributed by atoms with Crippen LogP contribution >= 0.6 is 0 Å². The van der Waals surface area contributed by atoms with Crippen molar-refractivity contribution in [2.24, 2.45) is 0 Å². The molecular weight excluding hydrogens is 240 g/mol. The smallest absolute Gasteiger partial charge is 0.313 e. The van der Waals surface area contributed by atoms with E-state index in [-0.39, 0.29) is 0 Å². The molecule has 4 nitrogen and oxygen atoms in total. The second-order valence-electron chi connectivity index (χ2n) is 4.51. The Morgan fingerprint density at radius 2 is 1.68 bits per heavy atom. The summed E-state index contributed by atoms with van der Waals surface area (Å²) in [5.74, 6) is -1.20. The average Bonchev–Trinajstić information content (AvgIpc) is 2.43. The van der Waals surface area contributed by atoms with Crippen LogP contribution in [-0.2, 0) is 16.0 Å². The van der Waals surface area contributed by atoms with Crippen LogP contribution < -0.4 is 10.6 Å². The molecule has 0 aliphatic rings. The summed E-state index contributed by atoms with van der Waals surface area (Å²) in [5.41, 5.74) is 1.90. The second-order valence-corrected chi connectivity index (χ2v) is 4.51. The lowest BCUT2D eigenvalue weighted by molar-refractivity contribution is -0.136. The highest BCUT2D eigenvalue weighted by Gasteiger charge is 2.12. The molecule has 0 saturated carbocycles. The molecule has 1 rings (SSSR count). The number of aryl methyl sites for hydroxylation is 1. The standard InChI is InChI=1S/C15H22N2O2/c1-3-5-6-12-7-9-13(10-8-12)17-15(19)14(18)16-11-4-2/h7-10H,3-6,11H2,1-2H3,(H,16,18)(H,17,19). The Morgan fingerprint density at radius 3 is 2.26 bits per heavy atom. The zero-order valence-corrected chi connectivity index (χ0v) is 11.7. The number of hydrogen-bond donors (Lipinski definition) is 2. The van der Waals surface area contributed by atoms with Crippen molar-refractivity contribution in [3.63, 3.8) is 0 Å². The van der Waals surface area contributed by atoms with Crippen LogP contribution in [0.5, 0.6) is 0 Å². The van der Waals surface area contributed by atoms with Crippen molar-refractivity contribution >= 4 is 17.5 Å². The molecule has 0 aliphatic heterocycles. The first kappa shape index (κ1) is 15.2. The fourth-order valence-electron chi connectivity index (χ4n) is 1.64. The number of rotatable bonds is 6. The number of carbonyl (C=O) groups is 2. The summed E-state index contributed by atoms with van der Waals surface area (Å²) >= 11 is 0. The number of anilines is 1. The summed E-state index contributed by atoms with van der Waals surface area (Å²) in [6.45, 7) is 4.61. The fraction of sp³-hybridized carbons (Fsp3) is 0.467. The summed E-state index contributed by atoms with van der Waals surface area (Å²) in [6, 6.07) is 7.62. The normalized spacial score (nSPS) is 10.0. The highest BCUT2D eigenvalue weighted by atomic mass is 16.2. The third kappa shape index (κ3) is 5.55. The molecule has 19 heavy (non-hydrogen) atoms. The van der Waals surface area contributed by atoms with E-state index in [0.717, 1.165) is 25.7 Å². The van der Waals surface area contributed by atoms with E-state index in [1.54, 1.807) is 0 Å². The van der Waals surface area contributed by atoms with Gasteiger partial charge in [0.1, 0.15) is 0 Å². The number of benzene rings is 1. The van der Waals surface area contributed by atoms with E-state index < -0.39 is 11.8 Å². The highest BCUT2D eigenvalue weighted by Crippen LogP contribution is 2.11. The van der Waals surface area contributed by atoms with Crippen LogP contribution in [0, 0.1) is 0 Å². The SMILES string of the molecule is CCCCc1ccc(NC(=O)C(=O)NCCC)cc1. The summed E-state index contributed by atoms with van der Waals surface area (Å²) in [7, 11) is 0. The molecule has 0 atom stereocenters. The summed E-state index contributed by atoms with van der Waals surface area (Å²) in [6.07, 6.45) is 4.17. The molecule has 0 heterocycles. The number of hydrogen-bond acceptors (Lipinski definition) is 2. The minimum Gasteiger partial charge on any atom is -0.348 e. The van der Waals surface area contributed by atoms with Gasteiger partial charge in [-0.1, -0.05) is 32.4 Å².